The van der Waals surface area contributed by atoms with Gasteiger partial charge in [-0.25, -0.2) is 4.98 Å². The highest BCUT2D eigenvalue weighted by atomic mass is 32.1. The number of benzene rings is 1. The zero-order valence-electron chi connectivity index (χ0n) is 15.7. The van der Waals surface area contributed by atoms with Crippen molar-refractivity contribution in [1.29, 1.82) is 0 Å². The van der Waals surface area contributed by atoms with Gasteiger partial charge < -0.3 is 4.57 Å². The molecule has 5 heteroatoms. The van der Waals surface area contributed by atoms with E-state index < -0.39 is 0 Å². The van der Waals surface area contributed by atoms with Crippen molar-refractivity contribution >= 4 is 33.6 Å². The largest absolute Gasteiger partial charge is 0.350 e. The van der Waals surface area contributed by atoms with E-state index in [1.54, 1.807) is 11.3 Å². The maximum absolute atomic E-state index is 4.75. The van der Waals surface area contributed by atoms with Crippen LogP contribution in [0.15, 0.2) is 47.3 Å². The van der Waals surface area contributed by atoms with Gasteiger partial charge in [0.25, 0.3) is 0 Å². The Morgan fingerprint density at radius 1 is 1.19 bits per heavy atom. The normalized spacial score (nSPS) is 17.5. The minimum Gasteiger partial charge on any atom is -0.350 e. The van der Waals surface area contributed by atoms with Crippen LogP contribution < -0.4 is 0 Å². The minimum absolute atomic E-state index is 0.425. The molecule has 1 unspecified atom stereocenters. The molecule has 3 aromatic heterocycles. The molecule has 0 spiro atoms. The molecule has 0 fully saturated rings. The second-order valence-electron chi connectivity index (χ2n) is 7.39. The van der Waals surface area contributed by atoms with Crippen molar-refractivity contribution in [1.82, 2.24) is 14.5 Å². The molecule has 0 radical (unpaired) electrons. The van der Waals surface area contributed by atoms with Gasteiger partial charge in [-0.1, -0.05) is 18.2 Å². The lowest BCUT2D eigenvalue weighted by Gasteiger charge is -2.35. The van der Waals surface area contributed by atoms with Gasteiger partial charge in [0, 0.05) is 53.9 Å². The fourth-order valence-electron chi connectivity index (χ4n) is 4.31. The summed E-state index contributed by atoms with van der Waals surface area (Å²) in [7, 11) is 2.15. The molecule has 1 atom stereocenters. The molecule has 1 aliphatic rings. The van der Waals surface area contributed by atoms with Crippen LogP contribution in [0.5, 0.6) is 0 Å². The average Bonchev–Trinajstić information content (AvgIpc) is 3.38. The molecule has 0 saturated carbocycles. The number of thiazole rings is 1. The van der Waals surface area contributed by atoms with E-state index in [9.17, 15) is 0 Å². The van der Waals surface area contributed by atoms with Crippen LogP contribution in [0.2, 0.25) is 0 Å². The minimum atomic E-state index is 0.425. The second-order valence-corrected chi connectivity index (χ2v) is 9.40. The van der Waals surface area contributed by atoms with E-state index in [0.717, 1.165) is 30.9 Å². The van der Waals surface area contributed by atoms with E-state index in [1.165, 1.54) is 32.6 Å². The molecular weight excluding hydrogens is 370 g/mol. The van der Waals surface area contributed by atoms with E-state index >= 15 is 0 Å². The smallest absolute Gasteiger partial charge is 0.0897 e. The SMILES string of the molecule is Cc1nc(CC2c3sccc3CCN2Cc2cn(C)c3ccccc23)cs1. The maximum atomic E-state index is 4.75. The van der Waals surface area contributed by atoms with Crippen molar-refractivity contribution < 1.29 is 0 Å². The number of rotatable bonds is 4. The van der Waals surface area contributed by atoms with Crippen molar-refractivity contribution in [3.05, 3.63) is 74.0 Å². The highest BCUT2D eigenvalue weighted by molar-refractivity contribution is 7.10. The third-order valence-electron chi connectivity index (χ3n) is 5.61. The standard InChI is InChI=1S/C22H23N3S2/c1-15-23-18(14-27-15)11-21-22-16(8-10-26-22)7-9-25(21)13-17-12-24(2)20-6-4-3-5-19(17)20/h3-6,8,10,12,14,21H,7,9,11,13H2,1-2H3. The van der Waals surface area contributed by atoms with Gasteiger partial charge in [-0.05, 0) is 42.0 Å². The number of fused-ring (bicyclic) bond motifs is 2. The van der Waals surface area contributed by atoms with E-state index in [-0.39, 0.29) is 0 Å². The lowest BCUT2D eigenvalue weighted by molar-refractivity contribution is 0.178. The first-order valence-corrected chi connectivity index (χ1v) is 11.2. The topological polar surface area (TPSA) is 21.1 Å². The first-order valence-electron chi connectivity index (χ1n) is 9.43. The Hall–Kier alpha value is -1.95. The molecule has 1 aliphatic heterocycles. The van der Waals surface area contributed by atoms with Crippen molar-refractivity contribution in [2.75, 3.05) is 6.54 Å². The fraction of sp³-hybridized carbons (Fsp3) is 0.318. The van der Waals surface area contributed by atoms with Gasteiger partial charge in [-0.3, -0.25) is 4.90 Å². The number of hydrogen-bond donors (Lipinski definition) is 0. The number of nitrogens with zero attached hydrogens (tertiary/aromatic N) is 3. The van der Waals surface area contributed by atoms with Crippen molar-refractivity contribution in [3.63, 3.8) is 0 Å². The second kappa shape index (κ2) is 6.89. The van der Waals surface area contributed by atoms with Crippen LogP contribution in [0.1, 0.15) is 32.7 Å². The van der Waals surface area contributed by atoms with Crippen LogP contribution in [0, 0.1) is 6.92 Å². The highest BCUT2D eigenvalue weighted by Gasteiger charge is 2.30. The quantitative estimate of drug-likeness (QED) is 0.466. The number of hydrogen-bond acceptors (Lipinski definition) is 4. The van der Waals surface area contributed by atoms with E-state index in [4.69, 9.17) is 4.98 Å². The summed E-state index contributed by atoms with van der Waals surface area (Å²) < 4.78 is 2.25. The molecule has 4 aromatic rings. The van der Waals surface area contributed by atoms with E-state index in [2.05, 4.69) is 70.7 Å². The first kappa shape index (κ1) is 17.2. The summed E-state index contributed by atoms with van der Waals surface area (Å²) in [6.45, 7) is 4.20. The van der Waals surface area contributed by atoms with E-state index in [1.807, 2.05) is 11.3 Å². The Bertz CT molecular complexity index is 1090. The molecule has 0 saturated heterocycles. The van der Waals surface area contributed by atoms with Crippen molar-refractivity contribution in [3.8, 4) is 0 Å². The van der Waals surface area contributed by atoms with Gasteiger partial charge in [0.1, 0.15) is 0 Å². The lowest BCUT2D eigenvalue weighted by Crippen LogP contribution is -2.35. The third kappa shape index (κ3) is 3.14. The maximum Gasteiger partial charge on any atom is 0.0897 e. The molecule has 138 valence electrons. The molecule has 0 bridgehead atoms. The van der Waals surface area contributed by atoms with Crippen molar-refractivity contribution in [2.24, 2.45) is 7.05 Å². The predicted molar refractivity (Wildman–Crippen MR) is 115 cm³/mol. The van der Waals surface area contributed by atoms with Crippen LogP contribution in [0.25, 0.3) is 10.9 Å². The summed E-state index contributed by atoms with van der Waals surface area (Å²) in [5, 5.41) is 7.02. The zero-order valence-corrected chi connectivity index (χ0v) is 17.3. The number of aromatic nitrogens is 2. The average molecular weight is 394 g/mol. The summed E-state index contributed by atoms with van der Waals surface area (Å²) in [4.78, 5) is 8.95. The van der Waals surface area contributed by atoms with Crippen LogP contribution in [0.4, 0.5) is 0 Å². The van der Waals surface area contributed by atoms with E-state index in [0.29, 0.717) is 6.04 Å². The molecular formula is C22H23N3S2. The molecule has 1 aromatic carbocycles. The predicted octanol–water partition coefficient (Wildman–Crippen LogP) is 5.35. The summed E-state index contributed by atoms with van der Waals surface area (Å²) >= 11 is 3.67. The highest BCUT2D eigenvalue weighted by Crippen LogP contribution is 2.38. The Morgan fingerprint density at radius 2 is 2.07 bits per heavy atom. The molecule has 5 rings (SSSR count). The Balaban J connectivity index is 1.49. The Labute approximate surface area is 167 Å². The van der Waals surface area contributed by atoms with Gasteiger partial charge in [0.05, 0.1) is 16.7 Å². The first-order chi connectivity index (χ1) is 13.2. The summed E-state index contributed by atoms with van der Waals surface area (Å²) in [6, 6.07) is 11.5. The fourth-order valence-corrected chi connectivity index (χ4v) is 6.03. The van der Waals surface area contributed by atoms with Gasteiger partial charge in [-0.2, -0.15) is 0 Å². The van der Waals surface area contributed by atoms with Gasteiger partial charge in [0.15, 0.2) is 0 Å². The number of aryl methyl sites for hydroxylation is 2. The number of para-hydroxylation sites is 1. The molecule has 0 aliphatic carbocycles. The van der Waals surface area contributed by atoms with Crippen LogP contribution in [-0.2, 0) is 26.4 Å². The Morgan fingerprint density at radius 3 is 2.93 bits per heavy atom. The van der Waals surface area contributed by atoms with Crippen LogP contribution in [0.3, 0.4) is 0 Å². The summed E-state index contributed by atoms with van der Waals surface area (Å²) in [5.41, 5.74) is 5.50. The third-order valence-corrected chi connectivity index (χ3v) is 7.50. The Kier molecular flexibility index (Phi) is 4.38. The van der Waals surface area contributed by atoms with Crippen LogP contribution >= 0.6 is 22.7 Å². The van der Waals surface area contributed by atoms with Gasteiger partial charge in [0.2, 0.25) is 0 Å². The van der Waals surface area contributed by atoms with Crippen LogP contribution in [-0.4, -0.2) is 21.0 Å². The lowest BCUT2D eigenvalue weighted by atomic mass is 9.97. The molecule has 4 heterocycles. The number of thiophene rings is 1. The molecule has 27 heavy (non-hydrogen) atoms. The molecule has 0 amide bonds. The zero-order chi connectivity index (χ0) is 18.4. The van der Waals surface area contributed by atoms with Gasteiger partial charge in [-0.15, -0.1) is 22.7 Å². The van der Waals surface area contributed by atoms with Gasteiger partial charge >= 0.3 is 0 Å². The summed E-state index contributed by atoms with van der Waals surface area (Å²) in [5.74, 6) is 0. The monoisotopic (exact) mass is 393 g/mol. The summed E-state index contributed by atoms with van der Waals surface area (Å²) in [6.07, 6.45) is 4.46. The molecule has 3 nitrogen and oxygen atoms in total. The van der Waals surface area contributed by atoms with Crippen molar-refractivity contribution in [2.45, 2.75) is 32.4 Å². The molecule has 0 N–H and O–H groups in total.